The monoisotopic (exact) mass is 296 g/mol. The molecule has 1 fully saturated rings. The number of ether oxygens (including phenoxy) is 1. The second kappa shape index (κ2) is 5.00. The van der Waals surface area contributed by atoms with Crippen molar-refractivity contribution in [2.75, 3.05) is 7.11 Å². The zero-order valence-corrected chi connectivity index (χ0v) is 12.7. The summed E-state index contributed by atoms with van der Waals surface area (Å²) in [4.78, 5) is 11.1. The van der Waals surface area contributed by atoms with E-state index < -0.39 is 30.1 Å². The van der Waals surface area contributed by atoms with Crippen LogP contribution in [0.3, 0.4) is 0 Å². The van der Waals surface area contributed by atoms with Crippen LogP contribution in [0.25, 0.3) is 0 Å². The maximum Gasteiger partial charge on any atom is 0.497 e. The summed E-state index contributed by atoms with van der Waals surface area (Å²) in [5.41, 5.74) is -1.34. The lowest BCUT2D eigenvalue weighted by Crippen LogP contribution is -2.41. The third-order valence-electron chi connectivity index (χ3n) is 4.06. The van der Waals surface area contributed by atoms with Crippen LogP contribution in [0.5, 0.6) is 5.75 Å². The molecule has 0 radical (unpaired) electrons. The molecular weight excluding hydrogens is 278 g/mol. The molecule has 0 saturated carbocycles. The Bertz CT molecular complexity index is 569. The summed E-state index contributed by atoms with van der Waals surface area (Å²) in [5, 5.41) is 9.03. The Morgan fingerprint density at radius 1 is 1.24 bits per heavy atom. The topological polar surface area (TPSA) is 65.0 Å². The van der Waals surface area contributed by atoms with E-state index in [0.717, 1.165) is 6.07 Å². The molecule has 5 nitrogen and oxygen atoms in total. The molecule has 7 heteroatoms. The van der Waals surface area contributed by atoms with Gasteiger partial charge >= 0.3 is 13.1 Å². The van der Waals surface area contributed by atoms with Gasteiger partial charge < -0.3 is 19.2 Å². The van der Waals surface area contributed by atoms with Crippen molar-refractivity contribution < 1.29 is 28.3 Å². The highest BCUT2D eigenvalue weighted by atomic mass is 19.1. The highest BCUT2D eigenvalue weighted by Crippen LogP contribution is 2.37. The standard InChI is InChI=1S/C14H18BFO5/c1-13(2)14(3,4)21-15(20-13)9-7-11(19-5)8(12(17)18)6-10(9)16/h6-7H,1-5H3,(H,17,18). The van der Waals surface area contributed by atoms with Gasteiger partial charge in [-0.1, -0.05) is 0 Å². The van der Waals surface area contributed by atoms with Crippen LogP contribution in [0.15, 0.2) is 12.1 Å². The average Bonchev–Trinajstić information content (AvgIpc) is 2.57. The molecule has 0 amide bonds. The molecule has 1 aliphatic heterocycles. The van der Waals surface area contributed by atoms with Gasteiger partial charge in [-0.05, 0) is 39.8 Å². The number of carbonyl (C=O) groups is 1. The molecule has 1 heterocycles. The molecule has 0 unspecified atom stereocenters. The molecule has 0 bridgehead atoms. The first-order valence-corrected chi connectivity index (χ1v) is 6.55. The summed E-state index contributed by atoms with van der Waals surface area (Å²) < 4.78 is 30.7. The molecule has 1 aromatic rings. The molecule has 1 aromatic carbocycles. The van der Waals surface area contributed by atoms with E-state index in [0.29, 0.717) is 0 Å². The average molecular weight is 296 g/mol. The fourth-order valence-corrected chi connectivity index (χ4v) is 2.06. The van der Waals surface area contributed by atoms with Crippen molar-refractivity contribution in [3.63, 3.8) is 0 Å². The Hall–Kier alpha value is -1.60. The third-order valence-corrected chi connectivity index (χ3v) is 4.06. The highest BCUT2D eigenvalue weighted by Gasteiger charge is 2.52. The Balaban J connectivity index is 2.45. The molecule has 1 N–H and O–H groups in total. The van der Waals surface area contributed by atoms with Crippen LogP contribution in [0.1, 0.15) is 38.1 Å². The van der Waals surface area contributed by atoms with Gasteiger partial charge in [0.25, 0.3) is 0 Å². The molecule has 21 heavy (non-hydrogen) atoms. The largest absolute Gasteiger partial charge is 0.497 e. The fraction of sp³-hybridized carbons (Fsp3) is 0.500. The fourth-order valence-electron chi connectivity index (χ4n) is 2.06. The third kappa shape index (κ3) is 2.63. The van der Waals surface area contributed by atoms with E-state index in [4.69, 9.17) is 19.2 Å². The first-order chi connectivity index (χ1) is 9.59. The summed E-state index contributed by atoms with van der Waals surface area (Å²) >= 11 is 0. The smallest absolute Gasteiger partial charge is 0.496 e. The summed E-state index contributed by atoms with van der Waals surface area (Å²) in [6.45, 7) is 7.42. The van der Waals surface area contributed by atoms with E-state index in [1.165, 1.54) is 13.2 Å². The Morgan fingerprint density at radius 2 is 1.76 bits per heavy atom. The minimum Gasteiger partial charge on any atom is -0.496 e. The van der Waals surface area contributed by atoms with Crippen molar-refractivity contribution in [1.82, 2.24) is 0 Å². The van der Waals surface area contributed by atoms with Gasteiger partial charge in [-0.2, -0.15) is 0 Å². The predicted octanol–water partition coefficient (Wildman–Crippen LogP) is 1.83. The van der Waals surface area contributed by atoms with Crippen molar-refractivity contribution in [1.29, 1.82) is 0 Å². The zero-order chi connectivity index (χ0) is 16.0. The maximum absolute atomic E-state index is 14.2. The minimum atomic E-state index is -1.26. The SMILES string of the molecule is COc1cc(B2OC(C)(C)C(C)(C)O2)c(F)cc1C(=O)O. The van der Waals surface area contributed by atoms with E-state index >= 15 is 0 Å². The number of carboxylic acids is 1. The van der Waals surface area contributed by atoms with Crippen LogP contribution >= 0.6 is 0 Å². The number of rotatable bonds is 3. The van der Waals surface area contributed by atoms with Gasteiger partial charge in [-0.3, -0.25) is 0 Å². The molecule has 0 aliphatic carbocycles. The zero-order valence-electron chi connectivity index (χ0n) is 12.7. The number of methoxy groups -OCH3 is 1. The van der Waals surface area contributed by atoms with Crippen LogP contribution < -0.4 is 10.2 Å². The summed E-state index contributed by atoms with van der Waals surface area (Å²) in [6, 6.07) is 2.22. The van der Waals surface area contributed by atoms with Crippen LogP contribution in [-0.4, -0.2) is 36.5 Å². The maximum atomic E-state index is 14.2. The van der Waals surface area contributed by atoms with E-state index in [9.17, 15) is 9.18 Å². The second-order valence-electron chi connectivity index (χ2n) is 5.97. The molecule has 1 aliphatic rings. The van der Waals surface area contributed by atoms with Gasteiger partial charge in [-0.25, -0.2) is 9.18 Å². The normalized spacial score (nSPS) is 19.6. The lowest BCUT2D eigenvalue weighted by atomic mass is 9.78. The molecule has 0 aromatic heterocycles. The Labute approximate surface area is 123 Å². The van der Waals surface area contributed by atoms with Gasteiger partial charge in [0.05, 0.1) is 18.3 Å². The van der Waals surface area contributed by atoms with Gasteiger partial charge in [0.15, 0.2) is 0 Å². The van der Waals surface area contributed by atoms with E-state index in [1.54, 1.807) is 0 Å². The number of halogens is 1. The van der Waals surface area contributed by atoms with Crippen LogP contribution in [0.2, 0.25) is 0 Å². The van der Waals surface area contributed by atoms with Crippen LogP contribution in [-0.2, 0) is 9.31 Å². The summed E-state index contributed by atoms with van der Waals surface area (Å²) in [5.74, 6) is -1.90. The first kappa shape index (κ1) is 15.8. The molecule has 0 atom stereocenters. The van der Waals surface area contributed by atoms with Crippen molar-refractivity contribution in [2.45, 2.75) is 38.9 Å². The van der Waals surface area contributed by atoms with E-state index in [-0.39, 0.29) is 16.8 Å². The van der Waals surface area contributed by atoms with Crippen LogP contribution in [0.4, 0.5) is 4.39 Å². The van der Waals surface area contributed by atoms with Crippen molar-refractivity contribution in [2.24, 2.45) is 0 Å². The quantitative estimate of drug-likeness (QED) is 0.862. The van der Waals surface area contributed by atoms with Crippen molar-refractivity contribution in [3.05, 3.63) is 23.5 Å². The van der Waals surface area contributed by atoms with Gasteiger partial charge in [0.2, 0.25) is 0 Å². The number of aromatic carboxylic acids is 1. The Morgan fingerprint density at radius 3 is 2.19 bits per heavy atom. The summed E-state index contributed by atoms with van der Waals surface area (Å²) in [7, 11) is 0.417. The number of benzene rings is 1. The molecular formula is C14H18BFO5. The Kier molecular flexibility index (Phi) is 3.76. The molecule has 114 valence electrons. The van der Waals surface area contributed by atoms with Gasteiger partial charge in [-0.15, -0.1) is 0 Å². The highest BCUT2D eigenvalue weighted by molar-refractivity contribution is 6.62. The minimum absolute atomic E-state index is 0.0635. The van der Waals surface area contributed by atoms with E-state index in [2.05, 4.69) is 0 Å². The van der Waals surface area contributed by atoms with Crippen molar-refractivity contribution >= 4 is 18.6 Å². The lowest BCUT2D eigenvalue weighted by molar-refractivity contribution is 0.00578. The second-order valence-corrected chi connectivity index (χ2v) is 5.97. The number of carboxylic acid groups (broad SMARTS) is 1. The van der Waals surface area contributed by atoms with Gasteiger partial charge in [0.1, 0.15) is 17.1 Å². The van der Waals surface area contributed by atoms with E-state index in [1.807, 2.05) is 27.7 Å². The van der Waals surface area contributed by atoms with Gasteiger partial charge in [0, 0.05) is 5.46 Å². The molecule has 0 spiro atoms. The molecule has 1 saturated heterocycles. The summed E-state index contributed by atoms with van der Waals surface area (Å²) in [6.07, 6.45) is 0. The molecule has 2 rings (SSSR count). The predicted molar refractivity (Wildman–Crippen MR) is 75.6 cm³/mol. The van der Waals surface area contributed by atoms with Crippen molar-refractivity contribution in [3.8, 4) is 5.75 Å². The van der Waals surface area contributed by atoms with Crippen LogP contribution in [0, 0.1) is 5.82 Å². The lowest BCUT2D eigenvalue weighted by Gasteiger charge is -2.32. The number of hydrogen-bond donors (Lipinski definition) is 1. The number of hydrogen-bond acceptors (Lipinski definition) is 4. The first-order valence-electron chi connectivity index (χ1n) is 6.55.